The average molecular weight is 244 g/mol. The largest absolute Gasteiger partial charge is 0.395 e. The molecule has 1 heterocycles. The first-order valence-electron chi connectivity index (χ1n) is 5.22. The molecule has 8 nitrogen and oxygen atoms in total. The molecule has 8 heteroatoms. The zero-order valence-electron chi connectivity index (χ0n) is 9.48. The second-order valence-electron chi connectivity index (χ2n) is 3.82. The highest BCUT2D eigenvalue weighted by Gasteiger charge is 2.12. The van der Waals surface area contributed by atoms with Crippen LogP contribution in [0.25, 0.3) is 0 Å². The van der Waals surface area contributed by atoms with E-state index >= 15 is 0 Å². The van der Waals surface area contributed by atoms with Crippen LogP contribution in [0.3, 0.4) is 0 Å². The molecule has 96 valence electrons. The molecule has 1 aromatic rings. The lowest BCUT2D eigenvalue weighted by molar-refractivity contribution is -0.385. The number of aliphatic hydroxyl groups is 2. The van der Waals surface area contributed by atoms with Gasteiger partial charge in [0.1, 0.15) is 12.4 Å². The van der Waals surface area contributed by atoms with Gasteiger partial charge in [0.05, 0.1) is 24.2 Å². The molecule has 0 radical (unpaired) electrons. The van der Waals surface area contributed by atoms with Gasteiger partial charge in [0.2, 0.25) is 0 Å². The van der Waals surface area contributed by atoms with Crippen LogP contribution in [0, 0.1) is 10.1 Å². The van der Waals surface area contributed by atoms with Gasteiger partial charge in [-0.05, 0) is 6.92 Å². The average Bonchev–Trinajstić information content (AvgIpc) is 2.74. The molecule has 0 saturated heterocycles. The van der Waals surface area contributed by atoms with Crippen molar-refractivity contribution in [2.75, 3.05) is 13.2 Å². The monoisotopic (exact) mass is 244 g/mol. The number of aromatic nitrogens is 2. The second kappa shape index (κ2) is 6.28. The third-order valence-corrected chi connectivity index (χ3v) is 2.20. The Labute approximate surface area is 98.0 Å². The van der Waals surface area contributed by atoms with Gasteiger partial charge in [-0.3, -0.25) is 14.8 Å². The third kappa shape index (κ3) is 4.47. The van der Waals surface area contributed by atoms with E-state index in [9.17, 15) is 15.2 Å². The maximum atomic E-state index is 10.4. The highest BCUT2D eigenvalue weighted by molar-refractivity contribution is 5.20. The molecule has 0 amide bonds. The molecule has 0 bridgehead atoms. The van der Waals surface area contributed by atoms with E-state index in [-0.39, 0.29) is 31.4 Å². The first kappa shape index (κ1) is 13.6. The zero-order valence-corrected chi connectivity index (χ0v) is 9.48. The molecule has 0 saturated carbocycles. The van der Waals surface area contributed by atoms with E-state index in [1.54, 1.807) is 6.92 Å². The molecular weight excluding hydrogens is 228 g/mol. The van der Waals surface area contributed by atoms with Crippen LogP contribution in [0.4, 0.5) is 5.69 Å². The Morgan fingerprint density at radius 2 is 2.41 bits per heavy atom. The summed E-state index contributed by atoms with van der Waals surface area (Å²) in [4.78, 5) is 9.86. The molecule has 0 aliphatic carbocycles. The molecule has 2 unspecified atom stereocenters. The molecule has 17 heavy (non-hydrogen) atoms. The van der Waals surface area contributed by atoms with Crippen LogP contribution < -0.4 is 5.32 Å². The topological polar surface area (TPSA) is 113 Å². The molecule has 3 N–H and O–H groups in total. The summed E-state index contributed by atoms with van der Waals surface area (Å²) in [5.74, 6) is 0. The number of hydrogen-bond donors (Lipinski definition) is 3. The highest BCUT2D eigenvalue weighted by atomic mass is 16.6. The van der Waals surface area contributed by atoms with Gasteiger partial charge in [-0.15, -0.1) is 0 Å². The zero-order chi connectivity index (χ0) is 12.8. The Hall–Kier alpha value is -1.51. The molecule has 0 aliphatic heterocycles. The van der Waals surface area contributed by atoms with E-state index < -0.39 is 11.0 Å². The van der Waals surface area contributed by atoms with E-state index in [0.29, 0.717) is 0 Å². The fraction of sp³-hybridized carbons (Fsp3) is 0.667. The minimum atomic E-state index is -0.719. The van der Waals surface area contributed by atoms with Crippen molar-refractivity contribution in [3.8, 4) is 0 Å². The van der Waals surface area contributed by atoms with Crippen LogP contribution in [0.1, 0.15) is 6.92 Å². The number of nitrogens with one attached hydrogen (secondary N) is 1. The van der Waals surface area contributed by atoms with Gasteiger partial charge < -0.3 is 15.5 Å². The van der Waals surface area contributed by atoms with Crippen LogP contribution in [-0.4, -0.2) is 50.2 Å². The van der Waals surface area contributed by atoms with Gasteiger partial charge in [-0.25, -0.2) is 0 Å². The number of rotatable bonds is 7. The molecule has 1 aromatic heterocycles. The van der Waals surface area contributed by atoms with Gasteiger partial charge in [0.15, 0.2) is 0 Å². The van der Waals surface area contributed by atoms with Crippen LogP contribution in [-0.2, 0) is 6.54 Å². The third-order valence-electron chi connectivity index (χ3n) is 2.20. The summed E-state index contributed by atoms with van der Waals surface area (Å²) in [5.41, 5.74) is -0.103. The van der Waals surface area contributed by atoms with E-state index in [2.05, 4.69) is 10.4 Å². The van der Waals surface area contributed by atoms with Crippen LogP contribution in [0.5, 0.6) is 0 Å². The summed E-state index contributed by atoms with van der Waals surface area (Å²) in [6, 6.07) is -0.100. The van der Waals surface area contributed by atoms with Crippen LogP contribution >= 0.6 is 0 Å². The Balaban J connectivity index is 2.39. The van der Waals surface area contributed by atoms with Gasteiger partial charge >= 0.3 is 5.69 Å². The van der Waals surface area contributed by atoms with Crippen molar-refractivity contribution in [3.05, 3.63) is 22.5 Å². The fourth-order valence-electron chi connectivity index (χ4n) is 1.23. The first-order chi connectivity index (χ1) is 8.02. The smallest absolute Gasteiger partial charge is 0.306 e. The summed E-state index contributed by atoms with van der Waals surface area (Å²) < 4.78 is 1.31. The van der Waals surface area contributed by atoms with Crippen molar-refractivity contribution in [2.24, 2.45) is 0 Å². The van der Waals surface area contributed by atoms with E-state index in [1.165, 1.54) is 10.9 Å². The normalized spacial score (nSPS) is 14.5. The van der Waals surface area contributed by atoms with Crippen LogP contribution in [0.2, 0.25) is 0 Å². The first-order valence-corrected chi connectivity index (χ1v) is 5.22. The predicted molar refractivity (Wildman–Crippen MR) is 59.4 cm³/mol. The molecular formula is C9H16N4O4. The molecule has 0 aromatic carbocycles. The maximum absolute atomic E-state index is 10.4. The van der Waals surface area contributed by atoms with Crippen molar-refractivity contribution >= 4 is 5.69 Å². The fourth-order valence-corrected chi connectivity index (χ4v) is 1.23. The Bertz CT molecular complexity index is 368. The number of nitro groups is 1. The lowest BCUT2D eigenvalue weighted by Gasteiger charge is -2.15. The second-order valence-corrected chi connectivity index (χ2v) is 3.82. The van der Waals surface area contributed by atoms with Gasteiger partial charge in [0.25, 0.3) is 0 Å². The van der Waals surface area contributed by atoms with Crippen molar-refractivity contribution < 1.29 is 15.1 Å². The van der Waals surface area contributed by atoms with E-state index in [1.807, 2.05) is 0 Å². The van der Waals surface area contributed by atoms with E-state index in [0.717, 1.165) is 6.20 Å². The van der Waals surface area contributed by atoms with Crippen molar-refractivity contribution in [1.29, 1.82) is 0 Å². The van der Waals surface area contributed by atoms with Crippen molar-refractivity contribution in [1.82, 2.24) is 15.1 Å². The summed E-state index contributed by atoms with van der Waals surface area (Å²) in [6.07, 6.45) is 1.68. The Morgan fingerprint density at radius 1 is 1.71 bits per heavy atom. The number of hydrogen-bond acceptors (Lipinski definition) is 6. The standard InChI is InChI=1S/C9H16N4O4/c1-7(6-14)10-3-9(15)5-12-4-8(2-11-12)13(16)17/h2,4,7,9-10,14-15H,3,5-6H2,1H3. The Kier molecular flexibility index (Phi) is 5.01. The Morgan fingerprint density at radius 3 is 2.94 bits per heavy atom. The summed E-state index contributed by atoms with van der Waals surface area (Å²) in [7, 11) is 0. The van der Waals surface area contributed by atoms with Crippen molar-refractivity contribution in [3.63, 3.8) is 0 Å². The van der Waals surface area contributed by atoms with Crippen LogP contribution in [0.15, 0.2) is 12.4 Å². The molecule has 0 spiro atoms. The molecule has 1 rings (SSSR count). The van der Waals surface area contributed by atoms with Gasteiger partial charge in [0, 0.05) is 12.6 Å². The summed E-state index contributed by atoms with van der Waals surface area (Å²) in [6.45, 7) is 2.22. The van der Waals surface area contributed by atoms with Gasteiger partial charge in [-0.1, -0.05) is 0 Å². The lowest BCUT2D eigenvalue weighted by Crippen LogP contribution is -2.37. The minimum absolute atomic E-state index is 0.0139. The molecule has 2 atom stereocenters. The van der Waals surface area contributed by atoms with Crippen molar-refractivity contribution in [2.45, 2.75) is 25.6 Å². The summed E-state index contributed by atoms with van der Waals surface area (Å²) in [5, 5.41) is 35.5. The highest BCUT2D eigenvalue weighted by Crippen LogP contribution is 2.07. The SMILES string of the molecule is CC(CO)NCC(O)Cn1cc([N+](=O)[O-])cn1. The maximum Gasteiger partial charge on any atom is 0.306 e. The molecule has 0 fully saturated rings. The number of nitrogens with zero attached hydrogens (tertiary/aromatic N) is 3. The lowest BCUT2D eigenvalue weighted by atomic mass is 10.3. The minimum Gasteiger partial charge on any atom is -0.395 e. The quantitative estimate of drug-likeness (QED) is 0.424. The molecule has 0 aliphatic rings. The summed E-state index contributed by atoms with van der Waals surface area (Å²) >= 11 is 0. The number of aliphatic hydroxyl groups excluding tert-OH is 2. The van der Waals surface area contributed by atoms with Gasteiger partial charge in [-0.2, -0.15) is 5.10 Å². The predicted octanol–water partition coefficient (Wildman–Crippen LogP) is -0.877. The van der Waals surface area contributed by atoms with E-state index in [4.69, 9.17) is 5.11 Å².